The van der Waals surface area contributed by atoms with Crippen LogP contribution < -0.4 is 0 Å². The molecule has 3 nitrogen and oxygen atoms in total. The number of nitrogens with zero attached hydrogens (tertiary/aromatic N) is 2. The standard InChI is InChI=1S/C12H22N2O/c1-12(2,11-13)5-3-4-6-14-7-9-15-10-8-14/h3-10H2,1-2H3. The maximum absolute atomic E-state index is 8.87. The van der Waals surface area contributed by atoms with Crippen LogP contribution in [-0.2, 0) is 4.74 Å². The molecule has 3 heteroatoms. The molecule has 0 N–H and O–H groups in total. The van der Waals surface area contributed by atoms with Crippen LogP contribution in [0.15, 0.2) is 0 Å². The van der Waals surface area contributed by atoms with E-state index in [9.17, 15) is 0 Å². The Bertz CT molecular complexity index is 214. The number of nitriles is 1. The first-order valence-electron chi connectivity index (χ1n) is 5.85. The van der Waals surface area contributed by atoms with Crippen LogP contribution >= 0.6 is 0 Å². The summed E-state index contributed by atoms with van der Waals surface area (Å²) in [6.45, 7) is 9.09. The molecule has 1 fully saturated rings. The third kappa shape index (κ3) is 5.15. The minimum atomic E-state index is -0.148. The molecule has 1 rings (SSSR count). The second kappa shape index (κ2) is 6.09. The summed E-state index contributed by atoms with van der Waals surface area (Å²) >= 11 is 0. The Hall–Kier alpha value is -0.590. The maximum Gasteiger partial charge on any atom is 0.0683 e. The lowest BCUT2D eigenvalue weighted by Crippen LogP contribution is -2.36. The van der Waals surface area contributed by atoms with Crippen molar-refractivity contribution in [1.29, 1.82) is 5.26 Å². The highest BCUT2D eigenvalue weighted by Crippen LogP contribution is 2.21. The summed E-state index contributed by atoms with van der Waals surface area (Å²) in [7, 11) is 0. The first-order chi connectivity index (χ1) is 7.14. The molecular formula is C12H22N2O. The van der Waals surface area contributed by atoms with Crippen molar-refractivity contribution in [1.82, 2.24) is 4.90 Å². The molecule has 0 bridgehead atoms. The third-order valence-corrected chi connectivity index (χ3v) is 2.93. The van der Waals surface area contributed by atoms with Crippen LogP contribution in [-0.4, -0.2) is 37.7 Å². The molecule has 0 unspecified atom stereocenters. The fourth-order valence-corrected chi connectivity index (χ4v) is 1.78. The molecule has 0 saturated carbocycles. The van der Waals surface area contributed by atoms with E-state index in [2.05, 4.69) is 11.0 Å². The topological polar surface area (TPSA) is 36.3 Å². The molecule has 86 valence electrons. The lowest BCUT2D eigenvalue weighted by Gasteiger charge is -2.26. The van der Waals surface area contributed by atoms with E-state index in [-0.39, 0.29) is 5.41 Å². The van der Waals surface area contributed by atoms with Gasteiger partial charge in [0.25, 0.3) is 0 Å². The van der Waals surface area contributed by atoms with Gasteiger partial charge in [0.2, 0.25) is 0 Å². The number of hydrogen-bond acceptors (Lipinski definition) is 3. The van der Waals surface area contributed by atoms with E-state index < -0.39 is 0 Å². The fraction of sp³-hybridized carbons (Fsp3) is 0.917. The van der Waals surface area contributed by atoms with Gasteiger partial charge in [0, 0.05) is 13.1 Å². The maximum atomic E-state index is 8.87. The highest BCUT2D eigenvalue weighted by molar-refractivity contribution is 4.91. The Morgan fingerprint density at radius 1 is 1.27 bits per heavy atom. The van der Waals surface area contributed by atoms with Crippen LogP contribution in [0.5, 0.6) is 0 Å². The summed E-state index contributed by atoms with van der Waals surface area (Å²) in [5.41, 5.74) is -0.148. The fourth-order valence-electron chi connectivity index (χ4n) is 1.78. The Kier molecular flexibility index (Phi) is 5.07. The molecule has 1 saturated heterocycles. The molecule has 0 spiro atoms. The number of unbranched alkanes of at least 4 members (excludes halogenated alkanes) is 1. The molecule has 1 aliphatic rings. The van der Waals surface area contributed by atoms with Crippen molar-refractivity contribution in [3.63, 3.8) is 0 Å². The molecule has 0 atom stereocenters. The van der Waals surface area contributed by atoms with Gasteiger partial charge in [-0.25, -0.2) is 0 Å². The average Bonchev–Trinajstić information content (AvgIpc) is 2.26. The first kappa shape index (κ1) is 12.5. The number of hydrogen-bond donors (Lipinski definition) is 0. The summed E-state index contributed by atoms with van der Waals surface area (Å²) in [6, 6.07) is 2.35. The summed E-state index contributed by atoms with van der Waals surface area (Å²) in [6.07, 6.45) is 3.36. The predicted octanol–water partition coefficient (Wildman–Crippen LogP) is 2.04. The lowest BCUT2D eigenvalue weighted by molar-refractivity contribution is 0.0369. The monoisotopic (exact) mass is 210 g/mol. The van der Waals surface area contributed by atoms with Gasteiger partial charge < -0.3 is 4.74 Å². The van der Waals surface area contributed by atoms with Gasteiger partial charge >= 0.3 is 0 Å². The van der Waals surface area contributed by atoms with Gasteiger partial charge in [-0.05, 0) is 33.2 Å². The summed E-state index contributed by atoms with van der Waals surface area (Å²) in [5.74, 6) is 0. The Morgan fingerprint density at radius 3 is 2.53 bits per heavy atom. The number of ether oxygens (including phenoxy) is 1. The van der Waals surface area contributed by atoms with Gasteiger partial charge in [0.15, 0.2) is 0 Å². The van der Waals surface area contributed by atoms with Gasteiger partial charge in [0.05, 0.1) is 24.7 Å². The summed E-state index contributed by atoms with van der Waals surface area (Å²) in [5, 5.41) is 8.87. The average molecular weight is 210 g/mol. The molecule has 0 amide bonds. The second-order valence-electron chi connectivity index (χ2n) is 4.91. The second-order valence-corrected chi connectivity index (χ2v) is 4.91. The van der Waals surface area contributed by atoms with E-state index in [1.54, 1.807) is 0 Å². The zero-order chi connectivity index (χ0) is 11.1. The third-order valence-electron chi connectivity index (χ3n) is 2.93. The van der Waals surface area contributed by atoms with E-state index in [1.807, 2.05) is 13.8 Å². The normalized spacial score (nSPS) is 18.7. The van der Waals surface area contributed by atoms with Crippen molar-refractivity contribution in [3.8, 4) is 6.07 Å². The van der Waals surface area contributed by atoms with E-state index in [1.165, 1.54) is 6.42 Å². The van der Waals surface area contributed by atoms with E-state index in [4.69, 9.17) is 10.00 Å². The first-order valence-corrected chi connectivity index (χ1v) is 5.85. The lowest BCUT2D eigenvalue weighted by atomic mass is 9.89. The van der Waals surface area contributed by atoms with Crippen molar-refractivity contribution in [2.75, 3.05) is 32.8 Å². The van der Waals surface area contributed by atoms with Crippen molar-refractivity contribution in [3.05, 3.63) is 0 Å². The van der Waals surface area contributed by atoms with Crippen molar-refractivity contribution < 1.29 is 4.74 Å². The zero-order valence-corrected chi connectivity index (χ0v) is 9.96. The van der Waals surface area contributed by atoms with Crippen molar-refractivity contribution in [2.24, 2.45) is 5.41 Å². The van der Waals surface area contributed by atoms with Gasteiger partial charge in [-0.2, -0.15) is 5.26 Å². The number of rotatable bonds is 5. The highest BCUT2D eigenvalue weighted by atomic mass is 16.5. The van der Waals surface area contributed by atoms with E-state index in [0.29, 0.717) is 0 Å². The molecule has 0 radical (unpaired) electrons. The molecular weight excluding hydrogens is 188 g/mol. The predicted molar refractivity (Wildman–Crippen MR) is 60.5 cm³/mol. The van der Waals surface area contributed by atoms with Crippen LogP contribution in [0.3, 0.4) is 0 Å². The molecule has 1 heterocycles. The van der Waals surface area contributed by atoms with Gasteiger partial charge in [0.1, 0.15) is 0 Å². The number of morpholine rings is 1. The van der Waals surface area contributed by atoms with Gasteiger partial charge in [-0.15, -0.1) is 0 Å². The van der Waals surface area contributed by atoms with Crippen LogP contribution in [0.1, 0.15) is 33.1 Å². The minimum Gasteiger partial charge on any atom is -0.379 e. The van der Waals surface area contributed by atoms with Crippen LogP contribution in [0, 0.1) is 16.7 Å². The SMILES string of the molecule is CC(C)(C#N)CCCCN1CCOCC1. The Balaban J connectivity index is 2.04. The van der Waals surface area contributed by atoms with E-state index in [0.717, 1.165) is 45.7 Å². The van der Waals surface area contributed by atoms with Crippen molar-refractivity contribution in [2.45, 2.75) is 33.1 Å². The summed E-state index contributed by atoms with van der Waals surface area (Å²) in [4.78, 5) is 2.45. The van der Waals surface area contributed by atoms with Gasteiger partial charge in [-0.3, -0.25) is 4.90 Å². The largest absolute Gasteiger partial charge is 0.379 e. The summed E-state index contributed by atoms with van der Waals surface area (Å²) < 4.78 is 5.29. The zero-order valence-electron chi connectivity index (χ0n) is 9.96. The van der Waals surface area contributed by atoms with Crippen LogP contribution in [0.2, 0.25) is 0 Å². The van der Waals surface area contributed by atoms with Gasteiger partial charge in [-0.1, -0.05) is 6.42 Å². The molecule has 0 aromatic carbocycles. The Labute approximate surface area is 93.0 Å². The molecule has 15 heavy (non-hydrogen) atoms. The molecule has 0 aliphatic carbocycles. The van der Waals surface area contributed by atoms with Crippen LogP contribution in [0.25, 0.3) is 0 Å². The molecule has 0 aromatic heterocycles. The van der Waals surface area contributed by atoms with Crippen LogP contribution in [0.4, 0.5) is 0 Å². The quantitative estimate of drug-likeness (QED) is 0.651. The van der Waals surface area contributed by atoms with Crippen molar-refractivity contribution >= 4 is 0 Å². The van der Waals surface area contributed by atoms with E-state index >= 15 is 0 Å². The minimum absolute atomic E-state index is 0.148. The molecule has 1 aliphatic heterocycles. The highest BCUT2D eigenvalue weighted by Gasteiger charge is 2.16. The Morgan fingerprint density at radius 2 is 1.93 bits per heavy atom. The smallest absolute Gasteiger partial charge is 0.0683 e. The molecule has 0 aromatic rings.